The summed E-state index contributed by atoms with van der Waals surface area (Å²) in [6, 6.07) is 24.0. The number of rotatable bonds is 24. The molecule has 0 aromatic heterocycles. The number of carbonyl (C=O) groups excluding carboxylic acids is 2. The van der Waals surface area contributed by atoms with E-state index in [9.17, 15) is 9.59 Å². The molecule has 2 aromatic carbocycles. The van der Waals surface area contributed by atoms with Crippen LogP contribution in [0.4, 0.5) is 0 Å². The van der Waals surface area contributed by atoms with Crippen molar-refractivity contribution < 1.29 is 9.59 Å². The van der Waals surface area contributed by atoms with Crippen molar-refractivity contribution in [1.82, 2.24) is 15.5 Å². The third-order valence-corrected chi connectivity index (χ3v) is 12.9. The molecule has 0 saturated carbocycles. The molecule has 0 bridgehead atoms. The minimum atomic E-state index is 0.139. The maximum atomic E-state index is 12.0. The van der Waals surface area contributed by atoms with E-state index in [1.54, 1.807) is 0 Å². The number of hydrogen-bond acceptors (Lipinski definition) is 3. The lowest BCUT2D eigenvalue weighted by molar-refractivity contribution is -0.122. The Kier molecular flexibility index (Phi) is 144. The Morgan fingerprint density at radius 2 is 0.458 bits per heavy atom. The lowest BCUT2D eigenvalue weighted by atomic mass is 9.78. The molecule has 0 heterocycles. The fraction of sp³-hybridized carbons (Fsp3) is 0.821. The maximum absolute atomic E-state index is 12.0. The van der Waals surface area contributed by atoms with E-state index in [-0.39, 0.29) is 11.8 Å². The Balaban J connectivity index is -0.0000000711. The summed E-state index contributed by atoms with van der Waals surface area (Å²) in [5.41, 5.74) is 0.667. The molecule has 5 heteroatoms. The fourth-order valence-corrected chi connectivity index (χ4v) is 6.51. The third-order valence-electron chi connectivity index (χ3n) is 12.9. The molecule has 0 aliphatic carbocycles. The van der Waals surface area contributed by atoms with Crippen LogP contribution in [0.15, 0.2) is 72.8 Å². The Bertz CT molecular complexity index is 1010. The van der Waals surface area contributed by atoms with Crippen molar-refractivity contribution in [3.63, 3.8) is 0 Å². The number of amides is 2. The zero-order valence-corrected chi connectivity index (χ0v) is 63.8. The second-order valence-electron chi connectivity index (χ2n) is 21.5. The molecule has 0 aliphatic rings. The fourth-order valence-electron chi connectivity index (χ4n) is 6.51. The van der Waals surface area contributed by atoms with Gasteiger partial charge in [0.05, 0.1) is 0 Å². The van der Waals surface area contributed by atoms with E-state index in [0.717, 1.165) is 38.0 Å². The number of unbranched alkanes of at least 4 members (excludes halogenated alkanes) is 1. The van der Waals surface area contributed by atoms with Crippen molar-refractivity contribution >= 4 is 11.8 Å². The Labute approximate surface area is 531 Å². The highest BCUT2D eigenvalue weighted by Gasteiger charge is 2.20. The monoisotopic (exact) mass is 1180 g/mol. The van der Waals surface area contributed by atoms with Crippen LogP contribution in [0.5, 0.6) is 0 Å². The lowest BCUT2D eigenvalue weighted by Crippen LogP contribution is -2.37. The molecule has 506 valence electrons. The molecule has 0 unspecified atom stereocenters. The zero-order valence-electron chi connectivity index (χ0n) is 63.8. The summed E-state index contributed by atoms with van der Waals surface area (Å²) in [6.07, 6.45) is 27.2. The van der Waals surface area contributed by atoms with Gasteiger partial charge in [-0.1, -0.05) is 416 Å². The van der Waals surface area contributed by atoms with E-state index in [1.165, 1.54) is 122 Å². The second-order valence-corrected chi connectivity index (χ2v) is 21.5. The third kappa shape index (κ3) is 122. The molecule has 0 saturated heterocycles. The van der Waals surface area contributed by atoms with Gasteiger partial charge in [-0.3, -0.25) is 9.59 Å². The van der Waals surface area contributed by atoms with Gasteiger partial charge in [0, 0.05) is 25.9 Å². The van der Waals surface area contributed by atoms with Gasteiger partial charge in [0.15, 0.2) is 0 Å². The van der Waals surface area contributed by atoms with Gasteiger partial charge in [-0.2, -0.15) is 0 Å². The van der Waals surface area contributed by atoms with E-state index in [0.29, 0.717) is 49.1 Å². The summed E-state index contributed by atoms with van der Waals surface area (Å²) in [7, 11) is 0. The molecule has 2 amide bonds. The van der Waals surface area contributed by atoms with Crippen molar-refractivity contribution in [2.45, 2.75) is 362 Å². The van der Waals surface area contributed by atoms with E-state index in [4.69, 9.17) is 0 Å². The number of nitrogens with one attached hydrogen (secondary N) is 2. The zero-order chi connectivity index (χ0) is 67.2. The molecular weight excluding hydrogens is 1010 g/mol. The van der Waals surface area contributed by atoms with E-state index in [2.05, 4.69) is 230 Å². The molecule has 83 heavy (non-hydrogen) atoms. The van der Waals surface area contributed by atoms with Crippen LogP contribution in [0.25, 0.3) is 0 Å². The van der Waals surface area contributed by atoms with Gasteiger partial charge >= 0.3 is 0 Å². The van der Waals surface area contributed by atoms with Crippen molar-refractivity contribution in [3.05, 3.63) is 72.8 Å². The van der Waals surface area contributed by atoms with Crippen LogP contribution in [0.2, 0.25) is 0 Å². The van der Waals surface area contributed by atoms with Crippen LogP contribution < -0.4 is 10.6 Å². The highest BCUT2D eigenvalue weighted by atomic mass is 16.2. The van der Waals surface area contributed by atoms with Gasteiger partial charge in [-0.25, -0.2) is 0 Å². The molecule has 0 spiro atoms. The lowest BCUT2D eigenvalue weighted by Gasteiger charge is -2.28. The SMILES string of the molecule is CCC.CCC.CCC.CCC.CCC.CCC.CCC.CCC(CC)(CC)CC.CCC(CC)CC.CCC(CNC(=O)CC(CC)CC)CNC(=O)CC(CC)CC.CCCC.CCN(CC)CC.c1ccccc1.c1ccccc1. The van der Waals surface area contributed by atoms with Gasteiger partial charge in [-0.15, -0.1) is 0 Å². The predicted molar refractivity (Wildman–Crippen MR) is 394 cm³/mol. The average Bonchev–Trinajstić information content (AvgIpc) is 3.50. The van der Waals surface area contributed by atoms with Crippen molar-refractivity contribution in [2.75, 3.05) is 32.7 Å². The van der Waals surface area contributed by atoms with Gasteiger partial charge in [0.25, 0.3) is 0 Å². The highest BCUT2D eigenvalue weighted by molar-refractivity contribution is 5.76. The quantitative estimate of drug-likeness (QED) is 0.110. The van der Waals surface area contributed by atoms with Gasteiger partial charge in [0.1, 0.15) is 0 Å². The molecule has 0 atom stereocenters. The highest BCUT2D eigenvalue weighted by Crippen LogP contribution is 2.33. The first-order valence-corrected chi connectivity index (χ1v) is 36.0. The summed E-state index contributed by atoms with van der Waals surface area (Å²) in [4.78, 5) is 26.3. The molecule has 2 rings (SSSR count). The first-order chi connectivity index (χ1) is 39.7. The van der Waals surface area contributed by atoms with Crippen LogP contribution in [0, 0.1) is 29.1 Å². The smallest absolute Gasteiger partial charge is 0.220 e. The summed E-state index contributed by atoms with van der Waals surface area (Å²) in [5, 5.41) is 6.06. The van der Waals surface area contributed by atoms with Crippen LogP contribution in [0.1, 0.15) is 362 Å². The molecule has 2 N–H and O–H groups in total. The first-order valence-electron chi connectivity index (χ1n) is 36.0. The minimum Gasteiger partial charge on any atom is -0.356 e. The topological polar surface area (TPSA) is 61.4 Å². The predicted octanol–water partition coefficient (Wildman–Crippen LogP) is 26.8. The summed E-state index contributed by atoms with van der Waals surface area (Å²) in [6.45, 7) is 72.2. The Hall–Kier alpha value is -2.66. The largest absolute Gasteiger partial charge is 0.356 e. The van der Waals surface area contributed by atoms with Crippen LogP contribution >= 0.6 is 0 Å². The summed E-state index contributed by atoms with van der Waals surface area (Å²) >= 11 is 0. The second kappa shape index (κ2) is 111. The molecule has 5 nitrogen and oxygen atoms in total. The van der Waals surface area contributed by atoms with Crippen LogP contribution in [0.3, 0.4) is 0 Å². The van der Waals surface area contributed by atoms with Crippen molar-refractivity contribution in [3.8, 4) is 0 Å². The number of benzene rings is 2. The first kappa shape index (κ1) is 108. The number of carbonyl (C=O) groups is 2. The van der Waals surface area contributed by atoms with Crippen LogP contribution in [-0.2, 0) is 9.59 Å². The Morgan fingerprint density at radius 1 is 0.289 bits per heavy atom. The Morgan fingerprint density at radius 3 is 0.542 bits per heavy atom. The molecule has 0 aliphatic heterocycles. The van der Waals surface area contributed by atoms with E-state index >= 15 is 0 Å². The molecular formula is C78H167N3O2. The van der Waals surface area contributed by atoms with Crippen molar-refractivity contribution in [2.24, 2.45) is 29.1 Å². The summed E-state index contributed by atoms with van der Waals surface area (Å²) < 4.78 is 0. The molecule has 0 radical (unpaired) electrons. The van der Waals surface area contributed by atoms with Gasteiger partial charge in [-0.05, 0) is 55.1 Å². The van der Waals surface area contributed by atoms with Crippen molar-refractivity contribution in [1.29, 1.82) is 0 Å². The molecule has 0 fully saturated rings. The van der Waals surface area contributed by atoms with E-state index < -0.39 is 0 Å². The van der Waals surface area contributed by atoms with E-state index in [1.807, 2.05) is 72.8 Å². The van der Waals surface area contributed by atoms with Crippen LogP contribution in [-0.4, -0.2) is 49.4 Å². The normalized spacial score (nSPS) is 9.20. The number of nitrogens with zero attached hydrogens (tertiary/aromatic N) is 1. The summed E-state index contributed by atoms with van der Waals surface area (Å²) in [5.74, 6) is 2.54. The minimum absolute atomic E-state index is 0.139. The average molecular weight is 1180 g/mol. The van der Waals surface area contributed by atoms with Gasteiger partial charge in [0.2, 0.25) is 11.8 Å². The number of hydrogen-bond donors (Lipinski definition) is 2. The molecule has 2 aromatic rings. The maximum Gasteiger partial charge on any atom is 0.220 e. The van der Waals surface area contributed by atoms with Gasteiger partial charge < -0.3 is 15.5 Å². The standard InChI is InChI=1S/C19H38N2O2.C9H20.C7H16.C6H15N.2C6H6.C4H10.7C3H8/c1-6-15(7-2)11-18(22)20-13-17(10-5)14-21-19(23)12-16(8-3)9-4;1-5-9(6-2,7-3)8-4;2*1-4-7(5-2)6-3;2*1-2-4-6-5-3-1;1-3-4-2;7*1-3-2/h15-17H,6-14H2,1-5H3,(H,20,22)(H,21,23);5-8H2,1-4H3;7H,4-6H2,1-3H3;4-6H2,1-3H3;2*1-6H;3-4H2,1-2H3;7*3H2,1-2H3.